The molecule has 0 amide bonds. The van der Waals surface area contributed by atoms with Crippen LogP contribution in [0.5, 0.6) is 0 Å². The third kappa shape index (κ3) is 3.07. The van der Waals surface area contributed by atoms with E-state index in [0.29, 0.717) is 25.4 Å². The maximum absolute atomic E-state index is 17.4. The summed E-state index contributed by atoms with van der Waals surface area (Å²) in [6.45, 7) is 8.08. The molecule has 3 saturated carbocycles. The molecule has 0 aromatic heterocycles. The van der Waals surface area contributed by atoms with Crippen LogP contribution in [0.2, 0.25) is 0 Å². The Balaban J connectivity index is 1.57. The van der Waals surface area contributed by atoms with Crippen LogP contribution in [0.1, 0.15) is 59.8 Å². The van der Waals surface area contributed by atoms with Gasteiger partial charge in [-0.2, -0.15) is 5.06 Å². The van der Waals surface area contributed by atoms with Gasteiger partial charge in [-0.05, 0) is 55.7 Å². The van der Waals surface area contributed by atoms with E-state index in [0.717, 1.165) is 12.8 Å². The fourth-order valence-electron chi connectivity index (χ4n) is 8.88. The number of allylic oxidation sites excluding steroid dienone is 4. The summed E-state index contributed by atoms with van der Waals surface area (Å²) in [4.78, 5) is 32.0. The predicted molar refractivity (Wildman–Crippen MR) is 129 cm³/mol. The third-order valence-corrected chi connectivity index (χ3v) is 10.9. The zero-order chi connectivity index (χ0) is 26.3. The van der Waals surface area contributed by atoms with Gasteiger partial charge in [0.2, 0.25) is 0 Å². The molecule has 4 fully saturated rings. The number of hydrogen-bond acceptors (Lipinski definition) is 6. The molecule has 0 aromatic rings. The van der Waals surface area contributed by atoms with Gasteiger partial charge in [0.05, 0.1) is 6.10 Å². The summed E-state index contributed by atoms with van der Waals surface area (Å²) in [5.41, 5.74) is -5.94. The van der Waals surface area contributed by atoms with Crippen molar-refractivity contribution in [2.24, 2.45) is 34.5 Å². The quantitative estimate of drug-likeness (QED) is 0.572. The molecular formula is C28H39F2NO5. The summed E-state index contributed by atoms with van der Waals surface area (Å²) in [5.74, 6) is -2.03. The summed E-state index contributed by atoms with van der Waals surface area (Å²) in [5, 5.41) is 23.4. The second kappa shape index (κ2) is 8.52. The minimum atomic E-state index is -2.19. The summed E-state index contributed by atoms with van der Waals surface area (Å²) >= 11 is 0. The van der Waals surface area contributed by atoms with Gasteiger partial charge in [-0.1, -0.05) is 39.7 Å². The standard InChI is InChI=1S/C28H39F2NO5/c1-5-16(6-2)13-31-14-17-9-19-20-11-22(29)21-10-18(33)7-8-25(21,3)27(20,30)23(34)12-26(19,4)28(17,36-31)24(35)15-32/h7-8,10,16-17,19-20,22-23,32,34H,5-6,9,11-15H2,1-4H3/t17-,19-,20-,22-,23-,25-,26-,27-,28-/m0/s1. The van der Waals surface area contributed by atoms with Crippen molar-refractivity contribution in [3.05, 3.63) is 23.8 Å². The largest absolute Gasteiger partial charge is 0.390 e. The number of rotatable bonds is 6. The number of carbonyl (C=O) groups is 2. The van der Waals surface area contributed by atoms with Crippen LogP contribution in [0.15, 0.2) is 23.8 Å². The number of hydrogen-bond donors (Lipinski definition) is 2. The number of ketones is 2. The summed E-state index contributed by atoms with van der Waals surface area (Å²) in [6.07, 6.45) is 3.03. The van der Waals surface area contributed by atoms with Crippen molar-refractivity contribution >= 4 is 11.6 Å². The van der Waals surface area contributed by atoms with Gasteiger partial charge in [0.25, 0.3) is 0 Å². The maximum atomic E-state index is 17.4. The highest BCUT2D eigenvalue weighted by molar-refractivity contribution is 6.01. The number of nitrogens with zero attached hydrogens (tertiary/aromatic N) is 1. The Morgan fingerprint density at radius 1 is 1.25 bits per heavy atom. The molecule has 1 heterocycles. The van der Waals surface area contributed by atoms with E-state index in [4.69, 9.17) is 4.84 Å². The van der Waals surface area contributed by atoms with E-state index < -0.39 is 58.6 Å². The molecule has 200 valence electrons. The molecule has 5 rings (SSSR count). The van der Waals surface area contributed by atoms with Gasteiger partial charge >= 0.3 is 0 Å². The molecule has 0 radical (unpaired) electrons. The van der Waals surface area contributed by atoms with E-state index in [1.807, 2.05) is 12.0 Å². The lowest BCUT2D eigenvalue weighted by molar-refractivity contribution is -0.269. The molecule has 4 aliphatic carbocycles. The maximum Gasteiger partial charge on any atom is 0.192 e. The smallest absolute Gasteiger partial charge is 0.192 e. The van der Waals surface area contributed by atoms with Gasteiger partial charge in [-0.25, -0.2) is 8.78 Å². The summed E-state index contributed by atoms with van der Waals surface area (Å²) < 4.78 is 33.0. The number of aliphatic hydroxyl groups is 2. The topological polar surface area (TPSA) is 87.1 Å². The first-order chi connectivity index (χ1) is 16.9. The van der Waals surface area contributed by atoms with Crippen LogP contribution < -0.4 is 0 Å². The number of halogens is 2. The van der Waals surface area contributed by atoms with Gasteiger partial charge in [0.15, 0.2) is 22.8 Å². The van der Waals surface area contributed by atoms with E-state index in [-0.39, 0.29) is 30.1 Å². The third-order valence-electron chi connectivity index (χ3n) is 10.9. The highest BCUT2D eigenvalue weighted by atomic mass is 19.1. The first-order valence-electron chi connectivity index (χ1n) is 13.5. The fourth-order valence-corrected chi connectivity index (χ4v) is 8.88. The number of alkyl halides is 2. The number of carbonyl (C=O) groups excluding carboxylic acids is 2. The average Bonchev–Trinajstić information content (AvgIpc) is 3.32. The van der Waals surface area contributed by atoms with E-state index in [9.17, 15) is 19.8 Å². The molecule has 0 spiro atoms. The van der Waals surface area contributed by atoms with Crippen molar-refractivity contribution in [3.8, 4) is 0 Å². The van der Waals surface area contributed by atoms with Gasteiger partial charge in [0, 0.05) is 35.8 Å². The van der Waals surface area contributed by atoms with E-state index in [1.54, 1.807) is 6.92 Å². The molecule has 0 bridgehead atoms. The van der Waals surface area contributed by atoms with Crippen molar-refractivity contribution in [2.75, 3.05) is 19.7 Å². The van der Waals surface area contributed by atoms with Crippen LogP contribution in [0, 0.1) is 34.5 Å². The van der Waals surface area contributed by atoms with E-state index >= 15 is 8.78 Å². The van der Waals surface area contributed by atoms with Crippen LogP contribution >= 0.6 is 0 Å². The lowest BCUT2D eigenvalue weighted by atomic mass is 9.44. The molecule has 0 aromatic carbocycles. The average molecular weight is 508 g/mol. The Labute approximate surface area is 211 Å². The molecule has 5 aliphatic rings. The van der Waals surface area contributed by atoms with Gasteiger partial charge in [0.1, 0.15) is 12.8 Å². The van der Waals surface area contributed by atoms with E-state index in [2.05, 4.69) is 13.8 Å². The van der Waals surface area contributed by atoms with Crippen LogP contribution in [-0.2, 0) is 14.4 Å². The van der Waals surface area contributed by atoms with Gasteiger partial charge in [-0.3, -0.25) is 14.4 Å². The fraction of sp³-hybridized carbons (Fsp3) is 0.786. The number of aliphatic hydroxyl groups excluding tert-OH is 2. The van der Waals surface area contributed by atoms with Crippen molar-refractivity contribution < 1.29 is 33.4 Å². The van der Waals surface area contributed by atoms with Crippen LogP contribution in [-0.4, -0.2) is 70.1 Å². The van der Waals surface area contributed by atoms with Crippen LogP contribution in [0.3, 0.4) is 0 Å². The van der Waals surface area contributed by atoms with Crippen molar-refractivity contribution in [1.29, 1.82) is 0 Å². The second-order valence-electron chi connectivity index (χ2n) is 12.2. The minimum Gasteiger partial charge on any atom is -0.390 e. The highest BCUT2D eigenvalue weighted by Gasteiger charge is 2.79. The SMILES string of the molecule is CCC(CC)CN1C[C@@H]2C[C@H]3[C@@H]4C[C@H](F)C5=CC(=O)C=C[C@]5(C)[C@@]4(F)[C@@H](O)C[C@]3(C)[C@]2(C(=O)CO)O1. The van der Waals surface area contributed by atoms with Crippen molar-refractivity contribution in [2.45, 2.75) is 83.3 Å². The van der Waals surface area contributed by atoms with Gasteiger partial charge in [-0.15, -0.1) is 0 Å². The van der Waals surface area contributed by atoms with Crippen molar-refractivity contribution in [3.63, 3.8) is 0 Å². The molecule has 1 saturated heterocycles. The zero-order valence-electron chi connectivity index (χ0n) is 21.7. The monoisotopic (exact) mass is 507 g/mol. The normalized spacial score (nSPS) is 47.9. The predicted octanol–water partition coefficient (Wildman–Crippen LogP) is 3.51. The molecule has 1 aliphatic heterocycles. The van der Waals surface area contributed by atoms with Gasteiger partial charge < -0.3 is 10.2 Å². The summed E-state index contributed by atoms with van der Waals surface area (Å²) in [7, 11) is 0. The molecule has 9 atom stereocenters. The summed E-state index contributed by atoms with van der Waals surface area (Å²) in [6, 6.07) is 0. The molecule has 6 nitrogen and oxygen atoms in total. The lowest BCUT2D eigenvalue weighted by Gasteiger charge is -2.63. The Bertz CT molecular complexity index is 1010. The first-order valence-corrected chi connectivity index (χ1v) is 13.5. The Morgan fingerprint density at radius 2 is 1.94 bits per heavy atom. The number of Topliss-reactive ketones (excluding diaryl/α,β-unsaturated/α-hetero) is 1. The molecular weight excluding hydrogens is 468 g/mol. The molecule has 2 N–H and O–H groups in total. The molecule has 36 heavy (non-hydrogen) atoms. The Hall–Kier alpha value is -1.48. The first kappa shape index (κ1) is 26.1. The van der Waals surface area contributed by atoms with Crippen molar-refractivity contribution in [1.82, 2.24) is 5.06 Å². The highest BCUT2D eigenvalue weighted by Crippen LogP contribution is 2.72. The minimum absolute atomic E-state index is 0.0483. The zero-order valence-corrected chi connectivity index (χ0v) is 21.7. The Morgan fingerprint density at radius 3 is 2.58 bits per heavy atom. The number of fused-ring (bicyclic) bond motifs is 7. The lowest BCUT2D eigenvalue weighted by Crippen LogP contribution is -2.70. The van der Waals surface area contributed by atoms with Crippen LogP contribution in [0.25, 0.3) is 0 Å². The van der Waals surface area contributed by atoms with E-state index in [1.165, 1.54) is 18.2 Å². The van der Waals surface area contributed by atoms with Crippen LogP contribution in [0.4, 0.5) is 8.78 Å². The number of hydroxylamine groups is 2. The second-order valence-corrected chi connectivity index (χ2v) is 12.2. The molecule has 0 unspecified atom stereocenters. The Kier molecular flexibility index (Phi) is 6.18. The molecule has 8 heteroatoms.